The molecule has 0 aromatic heterocycles. The second-order valence-corrected chi connectivity index (χ2v) is 6.72. The zero-order chi connectivity index (χ0) is 15.0. The number of amides is 1. The number of hydrogen-bond acceptors (Lipinski definition) is 4. The van der Waals surface area contributed by atoms with Gasteiger partial charge in [0.15, 0.2) is 0 Å². The van der Waals surface area contributed by atoms with Crippen LogP contribution in [0.15, 0.2) is 0 Å². The van der Waals surface area contributed by atoms with Crippen LogP contribution in [0.2, 0.25) is 0 Å². The Hall–Kier alpha value is -0.750. The number of nitrogens with two attached hydrogens (primary N) is 1. The number of aliphatic carboxylic acids is 1. The third kappa shape index (κ3) is 5.71. The summed E-state index contributed by atoms with van der Waals surface area (Å²) in [4.78, 5) is 23.0. The number of thioether (sulfide) groups is 1. The third-order valence-electron chi connectivity index (χ3n) is 4.05. The molecule has 20 heavy (non-hydrogen) atoms. The molecule has 0 aliphatic heterocycles. The van der Waals surface area contributed by atoms with Crippen LogP contribution in [0.5, 0.6) is 0 Å². The second kappa shape index (κ2) is 8.52. The SMILES string of the molecule is CSCC[C@H](N)C(=O)NCC1(CC(=O)O)CCCCC1. The van der Waals surface area contributed by atoms with Crippen molar-refractivity contribution >= 4 is 23.6 Å². The van der Waals surface area contributed by atoms with E-state index in [9.17, 15) is 9.59 Å². The van der Waals surface area contributed by atoms with Crippen molar-refractivity contribution in [3.63, 3.8) is 0 Å². The molecular weight excluding hydrogens is 276 g/mol. The minimum atomic E-state index is -0.784. The summed E-state index contributed by atoms with van der Waals surface area (Å²) in [5.74, 6) is -0.0864. The Morgan fingerprint density at radius 2 is 2.00 bits per heavy atom. The Balaban J connectivity index is 2.49. The molecule has 0 bridgehead atoms. The van der Waals surface area contributed by atoms with Gasteiger partial charge in [0.1, 0.15) is 0 Å². The van der Waals surface area contributed by atoms with Crippen LogP contribution in [0.4, 0.5) is 0 Å². The van der Waals surface area contributed by atoms with Crippen molar-refractivity contribution in [1.29, 1.82) is 0 Å². The van der Waals surface area contributed by atoms with Crippen LogP contribution in [0.25, 0.3) is 0 Å². The molecule has 5 nitrogen and oxygen atoms in total. The molecule has 1 saturated carbocycles. The van der Waals surface area contributed by atoms with Crippen molar-refractivity contribution < 1.29 is 14.7 Å². The first-order chi connectivity index (χ1) is 9.49. The number of nitrogens with one attached hydrogen (secondary N) is 1. The van der Waals surface area contributed by atoms with E-state index in [0.29, 0.717) is 13.0 Å². The van der Waals surface area contributed by atoms with Gasteiger partial charge in [-0.2, -0.15) is 11.8 Å². The van der Waals surface area contributed by atoms with Crippen LogP contribution in [-0.2, 0) is 9.59 Å². The van der Waals surface area contributed by atoms with Crippen LogP contribution < -0.4 is 11.1 Å². The van der Waals surface area contributed by atoms with Gasteiger partial charge >= 0.3 is 5.97 Å². The molecule has 6 heteroatoms. The number of carbonyl (C=O) groups is 2. The van der Waals surface area contributed by atoms with Crippen molar-refractivity contribution in [2.75, 3.05) is 18.6 Å². The third-order valence-corrected chi connectivity index (χ3v) is 4.69. The van der Waals surface area contributed by atoms with Crippen molar-refractivity contribution in [1.82, 2.24) is 5.32 Å². The molecule has 0 spiro atoms. The van der Waals surface area contributed by atoms with Crippen LogP contribution in [-0.4, -0.2) is 41.6 Å². The maximum absolute atomic E-state index is 11.9. The Kier molecular flexibility index (Phi) is 7.37. The summed E-state index contributed by atoms with van der Waals surface area (Å²) in [6.07, 6.45) is 7.76. The van der Waals surface area contributed by atoms with Crippen molar-refractivity contribution in [2.24, 2.45) is 11.1 Å². The Bertz CT molecular complexity index is 330. The Labute approximate surface area is 125 Å². The van der Waals surface area contributed by atoms with E-state index < -0.39 is 12.0 Å². The van der Waals surface area contributed by atoms with Gasteiger partial charge in [-0.25, -0.2) is 0 Å². The zero-order valence-corrected chi connectivity index (χ0v) is 13.0. The fourth-order valence-corrected chi connectivity index (χ4v) is 3.31. The molecule has 1 aliphatic rings. The largest absolute Gasteiger partial charge is 0.481 e. The molecule has 1 fully saturated rings. The molecule has 0 aromatic carbocycles. The molecule has 1 aliphatic carbocycles. The van der Waals surface area contributed by atoms with E-state index in [-0.39, 0.29) is 17.7 Å². The topological polar surface area (TPSA) is 92.4 Å². The number of carboxylic acids is 1. The molecule has 0 unspecified atom stereocenters. The van der Waals surface area contributed by atoms with Gasteiger partial charge in [-0.15, -0.1) is 0 Å². The molecule has 0 radical (unpaired) electrons. The quantitative estimate of drug-likeness (QED) is 0.633. The highest BCUT2D eigenvalue weighted by Gasteiger charge is 2.35. The van der Waals surface area contributed by atoms with E-state index in [4.69, 9.17) is 10.8 Å². The van der Waals surface area contributed by atoms with E-state index in [0.717, 1.165) is 37.9 Å². The van der Waals surface area contributed by atoms with Crippen LogP contribution in [0, 0.1) is 5.41 Å². The second-order valence-electron chi connectivity index (χ2n) is 5.74. The maximum Gasteiger partial charge on any atom is 0.303 e. The highest BCUT2D eigenvalue weighted by molar-refractivity contribution is 7.98. The van der Waals surface area contributed by atoms with E-state index in [1.165, 1.54) is 0 Å². The number of carboxylic acid groups (broad SMARTS) is 1. The van der Waals surface area contributed by atoms with Gasteiger partial charge in [0, 0.05) is 6.54 Å². The summed E-state index contributed by atoms with van der Waals surface area (Å²) in [5, 5.41) is 12.0. The van der Waals surface area contributed by atoms with Gasteiger partial charge < -0.3 is 16.2 Å². The average Bonchev–Trinajstić information content (AvgIpc) is 2.42. The molecule has 0 saturated heterocycles. The van der Waals surface area contributed by atoms with Gasteiger partial charge in [0.2, 0.25) is 5.91 Å². The molecule has 116 valence electrons. The summed E-state index contributed by atoms with van der Waals surface area (Å²) >= 11 is 1.66. The molecule has 1 amide bonds. The average molecular weight is 302 g/mol. The zero-order valence-electron chi connectivity index (χ0n) is 12.2. The normalized spacial score (nSPS) is 19.3. The minimum absolute atomic E-state index is 0.132. The number of rotatable bonds is 8. The highest BCUT2D eigenvalue weighted by Crippen LogP contribution is 2.38. The van der Waals surface area contributed by atoms with E-state index >= 15 is 0 Å². The van der Waals surface area contributed by atoms with Crippen molar-refractivity contribution in [2.45, 2.75) is 51.0 Å². The lowest BCUT2D eigenvalue weighted by molar-refractivity contribution is -0.140. The summed E-state index contributed by atoms with van der Waals surface area (Å²) in [6, 6.07) is -0.493. The van der Waals surface area contributed by atoms with Crippen molar-refractivity contribution in [3.05, 3.63) is 0 Å². The summed E-state index contributed by atoms with van der Waals surface area (Å²) in [7, 11) is 0. The first-order valence-corrected chi connectivity index (χ1v) is 8.62. The monoisotopic (exact) mass is 302 g/mol. The highest BCUT2D eigenvalue weighted by atomic mass is 32.2. The van der Waals surface area contributed by atoms with Crippen LogP contribution in [0.3, 0.4) is 0 Å². The van der Waals surface area contributed by atoms with Gasteiger partial charge in [-0.3, -0.25) is 9.59 Å². The summed E-state index contributed by atoms with van der Waals surface area (Å²) < 4.78 is 0. The van der Waals surface area contributed by atoms with Gasteiger partial charge in [0.05, 0.1) is 12.5 Å². The number of carbonyl (C=O) groups excluding carboxylic acids is 1. The maximum atomic E-state index is 11.9. The molecule has 4 N–H and O–H groups in total. The summed E-state index contributed by atoms with van der Waals surface area (Å²) in [5.41, 5.74) is 5.54. The standard InChI is InChI=1S/C14H26N2O3S/c1-20-8-5-11(15)13(19)16-10-14(9-12(17)18)6-3-2-4-7-14/h11H,2-10,15H2,1H3,(H,16,19)(H,17,18)/t11-/m0/s1. The first-order valence-electron chi connectivity index (χ1n) is 7.23. The fourth-order valence-electron chi connectivity index (χ4n) is 2.82. The van der Waals surface area contributed by atoms with Gasteiger partial charge in [-0.1, -0.05) is 19.3 Å². The molecule has 1 rings (SSSR count). The van der Waals surface area contributed by atoms with E-state index in [1.807, 2.05) is 6.26 Å². The molecular formula is C14H26N2O3S. The predicted octanol–water partition coefficient (Wildman–Crippen LogP) is 1.61. The lowest BCUT2D eigenvalue weighted by atomic mass is 9.71. The Morgan fingerprint density at radius 3 is 2.55 bits per heavy atom. The molecule has 0 aromatic rings. The number of hydrogen-bond donors (Lipinski definition) is 3. The lowest BCUT2D eigenvalue weighted by Gasteiger charge is -2.36. The van der Waals surface area contributed by atoms with Crippen LogP contribution >= 0.6 is 11.8 Å². The Morgan fingerprint density at radius 1 is 1.35 bits per heavy atom. The predicted molar refractivity (Wildman–Crippen MR) is 81.8 cm³/mol. The smallest absolute Gasteiger partial charge is 0.303 e. The van der Waals surface area contributed by atoms with Gasteiger partial charge in [0.25, 0.3) is 0 Å². The fraction of sp³-hybridized carbons (Fsp3) is 0.857. The first kappa shape index (κ1) is 17.3. The molecule has 1 atom stereocenters. The lowest BCUT2D eigenvalue weighted by Crippen LogP contribution is -2.46. The van der Waals surface area contributed by atoms with Crippen LogP contribution in [0.1, 0.15) is 44.9 Å². The van der Waals surface area contributed by atoms with Gasteiger partial charge in [-0.05, 0) is 36.7 Å². The van der Waals surface area contributed by atoms with E-state index in [2.05, 4.69) is 5.32 Å². The minimum Gasteiger partial charge on any atom is -0.481 e. The molecule has 0 heterocycles. The van der Waals surface area contributed by atoms with Crippen molar-refractivity contribution in [3.8, 4) is 0 Å². The summed E-state index contributed by atoms with van der Waals surface area (Å²) in [6.45, 7) is 0.436. The van der Waals surface area contributed by atoms with E-state index in [1.54, 1.807) is 11.8 Å².